The normalized spacial score (nSPS) is 11.3. The van der Waals surface area contributed by atoms with Crippen molar-refractivity contribution in [3.8, 4) is 0 Å². The highest BCUT2D eigenvalue weighted by atomic mass is 35.5. The van der Waals surface area contributed by atoms with Gasteiger partial charge in [0.15, 0.2) is 0 Å². The zero-order chi connectivity index (χ0) is 16.3. The van der Waals surface area contributed by atoms with Gasteiger partial charge in [0.2, 0.25) is 0 Å². The lowest BCUT2D eigenvalue weighted by atomic mass is 10.1. The van der Waals surface area contributed by atoms with Crippen molar-refractivity contribution < 1.29 is 18.0 Å². The van der Waals surface area contributed by atoms with E-state index in [1.807, 2.05) is 0 Å². The van der Waals surface area contributed by atoms with E-state index in [0.717, 1.165) is 11.6 Å². The monoisotopic (exact) mass is 327 g/mol. The Balaban J connectivity index is 2.23. The summed E-state index contributed by atoms with van der Waals surface area (Å²) in [4.78, 5) is 13.5. The van der Waals surface area contributed by atoms with E-state index in [9.17, 15) is 18.0 Å². The largest absolute Gasteiger partial charge is 0.417 e. The third kappa shape index (κ3) is 3.80. The van der Waals surface area contributed by atoms with Crippen molar-refractivity contribution in [1.29, 1.82) is 0 Å². The molecule has 0 radical (unpaired) electrons. The first-order valence-electron chi connectivity index (χ1n) is 6.45. The van der Waals surface area contributed by atoms with Crippen molar-refractivity contribution in [1.82, 2.24) is 4.90 Å². The molecule has 0 saturated heterocycles. The number of benzene rings is 2. The minimum absolute atomic E-state index is 0.197. The molecule has 0 unspecified atom stereocenters. The van der Waals surface area contributed by atoms with E-state index in [0.29, 0.717) is 5.02 Å². The molecule has 2 aromatic rings. The number of carbonyl (C=O) groups excluding carboxylic acids is 1. The zero-order valence-electron chi connectivity index (χ0n) is 11.7. The predicted molar refractivity (Wildman–Crippen MR) is 78.7 cm³/mol. The average molecular weight is 328 g/mol. The van der Waals surface area contributed by atoms with Gasteiger partial charge < -0.3 is 4.90 Å². The van der Waals surface area contributed by atoms with E-state index in [1.54, 1.807) is 24.3 Å². The van der Waals surface area contributed by atoms with Crippen molar-refractivity contribution in [3.05, 3.63) is 70.2 Å². The maximum absolute atomic E-state index is 13.0. The summed E-state index contributed by atoms with van der Waals surface area (Å²) >= 11 is 5.77. The fourth-order valence-electron chi connectivity index (χ4n) is 2.06. The number of hydrogen-bond acceptors (Lipinski definition) is 1. The summed E-state index contributed by atoms with van der Waals surface area (Å²) in [6.45, 7) is 0.197. The molecule has 0 aliphatic heterocycles. The van der Waals surface area contributed by atoms with Gasteiger partial charge in [0.05, 0.1) is 11.1 Å². The number of halogens is 4. The number of alkyl halides is 3. The van der Waals surface area contributed by atoms with Crippen LogP contribution in [0.5, 0.6) is 0 Å². The van der Waals surface area contributed by atoms with Gasteiger partial charge in [-0.05, 0) is 29.8 Å². The molecule has 0 atom stereocenters. The molecule has 0 fully saturated rings. The second kappa shape index (κ2) is 6.40. The molecule has 6 heteroatoms. The first kappa shape index (κ1) is 16.4. The summed E-state index contributed by atoms with van der Waals surface area (Å²) in [5.41, 5.74) is -0.501. The Morgan fingerprint density at radius 1 is 1.09 bits per heavy atom. The number of hydrogen-bond donors (Lipinski definition) is 0. The second-order valence-electron chi connectivity index (χ2n) is 4.83. The molecule has 2 rings (SSSR count). The Morgan fingerprint density at radius 2 is 1.68 bits per heavy atom. The third-order valence-corrected chi connectivity index (χ3v) is 3.39. The van der Waals surface area contributed by atoms with E-state index in [2.05, 4.69) is 0 Å². The molecule has 0 aliphatic rings. The quantitative estimate of drug-likeness (QED) is 0.804. The molecule has 0 aliphatic carbocycles. The van der Waals surface area contributed by atoms with Crippen LogP contribution in [0.2, 0.25) is 5.02 Å². The molecule has 116 valence electrons. The topological polar surface area (TPSA) is 20.3 Å². The summed E-state index contributed by atoms with van der Waals surface area (Å²) in [5, 5.41) is 0.556. The Labute approximate surface area is 131 Å². The lowest BCUT2D eigenvalue weighted by Crippen LogP contribution is -2.28. The van der Waals surface area contributed by atoms with Gasteiger partial charge in [-0.1, -0.05) is 35.9 Å². The molecule has 0 saturated carbocycles. The van der Waals surface area contributed by atoms with Gasteiger partial charge in [0.1, 0.15) is 0 Å². The lowest BCUT2D eigenvalue weighted by molar-refractivity contribution is -0.138. The molecule has 0 heterocycles. The molecule has 0 aromatic heterocycles. The van der Waals surface area contributed by atoms with E-state index in [1.165, 1.54) is 30.1 Å². The van der Waals surface area contributed by atoms with Gasteiger partial charge in [-0.2, -0.15) is 13.2 Å². The van der Waals surface area contributed by atoms with Crippen LogP contribution in [-0.4, -0.2) is 17.9 Å². The standard InChI is InChI=1S/C16H13ClF3NO/c1-21(10-11-6-8-12(17)9-7-11)15(22)13-4-2-3-5-14(13)16(18,19)20/h2-9H,10H2,1H3. The van der Waals surface area contributed by atoms with Crippen molar-refractivity contribution in [2.24, 2.45) is 0 Å². The van der Waals surface area contributed by atoms with Crippen LogP contribution in [0.4, 0.5) is 13.2 Å². The van der Waals surface area contributed by atoms with Crippen molar-refractivity contribution in [2.75, 3.05) is 7.05 Å². The SMILES string of the molecule is CN(Cc1ccc(Cl)cc1)C(=O)c1ccccc1C(F)(F)F. The fourth-order valence-corrected chi connectivity index (χ4v) is 2.18. The molecule has 0 N–H and O–H groups in total. The predicted octanol–water partition coefficient (Wildman–Crippen LogP) is 4.63. The molecular weight excluding hydrogens is 315 g/mol. The molecule has 1 amide bonds. The van der Waals surface area contributed by atoms with Crippen molar-refractivity contribution in [2.45, 2.75) is 12.7 Å². The zero-order valence-corrected chi connectivity index (χ0v) is 12.4. The highest BCUT2D eigenvalue weighted by molar-refractivity contribution is 6.30. The van der Waals surface area contributed by atoms with Crippen LogP contribution in [0.25, 0.3) is 0 Å². The third-order valence-electron chi connectivity index (χ3n) is 3.14. The summed E-state index contributed by atoms with van der Waals surface area (Å²) in [6.07, 6.45) is -4.56. The van der Waals surface area contributed by atoms with Crippen molar-refractivity contribution >= 4 is 17.5 Å². The molecule has 2 aromatic carbocycles. The Hall–Kier alpha value is -2.01. The Morgan fingerprint density at radius 3 is 2.27 bits per heavy atom. The van der Waals surface area contributed by atoms with Gasteiger partial charge >= 0.3 is 6.18 Å². The number of carbonyl (C=O) groups is 1. The second-order valence-corrected chi connectivity index (χ2v) is 5.27. The van der Waals surface area contributed by atoms with Gasteiger partial charge in [0, 0.05) is 18.6 Å². The van der Waals surface area contributed by atoms with E-state index in [-0.39, 0.29) is 12.1 Å². The molecule has 0 spiro atoms. The van der Waals surface area contributed by atoms with E-state index >= 15 is 0 Å². The average Bonchev–Trinajstić information content (AvgIpc) is 2.48. The van der Waals surface area contributed by atoms with Crippen LogP contribution in [-0.2, 0) is 12.7 Å². The first-order chi connectivity index (χ1) is 10.3. The smallest absolute Gasteiger partial charge is 0.337 e. The van der Waals surface area contributed by atoms with Crippen LogP contribution >= 0.6 is 11.6 Å². The fraction of sp³-hybridized carbons (Fsp3) is 0.188. The van der Waals surface area contributed by atoms with Crippen LogP contribution in [0.15, 0.2) is 48.5 Å². The number of amides is 1. The lowest BCUT2D eigenvalue weighted by Gasteiger charge is -2.20. The Bertz CT molecular complexity index is 668. The maximum Gasteiger partial charge on any atom is 0.417 e. The van der Waals surface area contributed by atoms with E-state index in [4.69, 9.17) is 11.6 Å². The number of nitrogens with zero attached hydrogens (tertiary/aromatic N) is 1. The van der Waals surface area contributed by atoms with Gasteiger partial charge in [-0.25, -0.2) is 0 Å². The van der Waals surface area contributed by atoms with Crippen LogP contribution < -0.4 is 0 Å². The molecule has 0 bridgehead atoms. The van der Waals surface area contributed by atoms with Crippen molar-refractivity contribution in [3.63, 3.8) is 0 Å². The minimum atomic E-state index is -4.56. The highest BCUT2D eigenvalue weighted by Gasteiger charge is 2.35. The highest BCUT2D eigenvalue weighted by Crippen LogP contribution is 2.32. The maximum atomic E-state index is 13.0. The first-order valence-corrected chi connectivity index (χ1v) is 6.83. The van der Waals surface area contributed by atoms with E-state index < -0.39 is 17.6 Å². The summed E-state index contributed by atoms with van der Waals surface area (Å²) in [5.74, 6) is -0.678. The summed E-state index contributed by atoms with van der Waals surface area (Å²) < 4.78 is 38.9. The molecule has 22 heavy (non-hydrogen) atoms. The summed E-state index contributed by atoms with van der Waals surface area (Å²) in [7, 11) is 1.46. The van der Waals surface area contributed by atoms with Crippen LogP contribution in [0.3, 0.4) is 0 Å². The minimum Gasteiger partial charge on any atom is -0.337 e. The van der Waals surface area contributed by atoms with Crippen LogP contribution in [0.1, 0.15) is 21.5 Å². The molecule has 2 nitrogen and oxygen atoms in total. The van der Waals surface area contributed by atoms with Crippen LogP contribution in [0, 0.1) is 0 Å². The Kier molecular flexibility index (Phi) is 4.76. The summed E-state index contributed by atoms with van der Waals surface area (Å²) in [6, 6.07) is 11.5. The number of rotatable bonds is 3. The van der Waals surface area contributed by atoms with Gasteiger partial charge in [-0.15, -0.1) is 0 Å². The van der Waals surface area contributed by atoms with Gasteiger partial charge in [0.25, 0.3) is 5.91 Å². The van der Waals surface area contributed by atoms with Gasteiger partial charge in [-0.3, -0.25) is 4.79 Å². The molecular formula is C16H13ClF3NO.